The van der Waals surface area contributed by atoms with Crippen molar-refractivity contribution in [1.29, 1.82) is 0 Å². The van der Waals surface area contributed by atoms with Crippen LogP contribution in [0.15, 0.2) is 59.4 Å². The molecule has 0 aliphatic carbocycles. The summed E-state index contributed by atoms with van der Waals surface area (Å²) in [6.45, 7) is -0.352. The number of anilines is 1. The largest absolute Gasteiger partial charge is 0.493 e. The van der Waals surface area contributed by atoms with E-state index in [2.05, 4.69) is 0 Å². The van der Waals surface area contributed by atoms with E-state index in [1.165, 1.54) is 7.11 Å². The monoisotopic (exact) mass is 408 g/mol. The smallest absolute Gasteiger partial charge is 0.323 e. The molecule has 7 heteroatoms. The predicted octanol–water partition coefficient (Wildman–Crippen LogP) is 4.15. The summed E-state index contributed by atoms with van der Waals surface area (Å²) >= 11 is 6.26. The van der Waals surface area contributed by atoms with Gasteiger partial charge < -0.3 is 20.1 Å². The Bertz CT molecular complexity index is 1330. The highest BCUT2D eigenvalue weighted by Gasteiger charge is 2.19. The van der Waals surface area contributed by atoms with Crippen molar-refractivity contribution in [3.8, 4) is 16.9 Å². The zero-order valence-corrected chi connectivity index (χ0v) is 16.2. The van der Waals surface area contributed by atoms with Gasteiger partial charge in [0.1, 0.15) is 6.54 Å². The zero-order valence-electron chi connectivity index (χ0n) is 15.5. The van der Waals surface area contributed by atoms with E-state index < -0.39 is 5.97 Å². The molecule has 0 spiro atoms. The lowest BCUT2D eigenvalue weighted by molar-refractivity contribution is -0.137. The standard InChI is InChI=1S/C22H17ClN2O4/c1-29-22-17(23)9-8-16-20(22)25(11-19(26)27)18-10-13(4-7-15(18)21(16)28)12-2-5-14(24)6-3-12/h2-10H,11,24H2,1H3,(H,26,27). The highest BCUT2D eigenvalue weighted by atomic mass is 35.5. The van der Waals surface area contributed by atoms with Crippen molar-refractivity contribution < 1.29 is 14.6 Å². The average molecular weight is 409 g/mol. The number of carboxylic acids is 1. The maximum absolute atomic E-state index is 13.1. The summed E-state index contributed by atoms with van der Waals surface area (Å²) in [4.78, 5) is 24.8. The Hall–Kier alpha value is -3.51. The number of hydrogen-bond donors (Lipinski definition) is 2. The molecule has 4 rings (SSSR count). The number of aliphatic carboxylic acids is 1. The van der Waals surface area contributed by atoms with Crippen LogP contribution in [0.1, 0.15) is 0 Å². The Morgan fingerprint density at radius 2 is 1.72 bits per heavy atom. The van der Waals surface area contributed by atoms with E-state index in [0.29, 0.717) is 32.5 Å². The van der Waals surface area contributed by atoms with Crippen molar-refractivity contribution in [3.05, 3.63) is 69.8 Å². The second-order valence-electron chi connectivity index (χ2n) is 6.64. The number of benzene rings is 3. The summed E-state index contributed by atoms with van der Waals surface area (Å²) in [6.07, 6.45) is 0. The zero-order chi connectivity index (χ0) is 20.7. The van der Waals surface area contributed by atoms with Crippen LogP contribution >= 0.6 is 11.6 Å². The van der Waals surface area contributed by atoms with Crippen LogP contribution in [0, 0.1) is 0 Å². The minimum atomic E-state index is -1.05. The summed E-state index contributed by atoms with van der Waals surface area (Å²) in [5, 5.41) is 10.6. The van der Waals surface area contributed by atoms with Crippen LogP contribution in [-0.4, -0.2) is 22.8 Å². The molecule has 0 amide bonds. The molecule has 0 bridgehead atoms. The van der Waals surface area contributed by atoms with E-state index >= 15 is 0 Å². The SMILES string of the molecule is COc1c(Cl)ccc2c(=O)c3ccc(-c4ccc(N)cc4)cc3n(CC(=O)O)c12. The third-order valence-corrected chi connectivity index (χ3v) is 5.17. The third-order valence-electron chi connectivity index (χ3n) is 4.87. The van der Waals surface area contributed by atoms with Gasteiger partial charge in [0.25, 0.3) is 0 Å². The maximum Gasteiger partial charge on any atom is 0.323 e. The van der Waals surface area contributed by atoms with Gasteiger partial charge in [-0.15, -0.1) is 0 Å². The summed E-state index contributed by atoms with van der Waals surface area (Å²) in [5.41, 5.74) is 8.76. The third kappa shape index (κ3) is 3.17. The summed E-state index contributed by atoms with van der Waals surface area (Å²) < 4.78 is 6.97. The number of rotatable bonds is 4. The van der Waals surface area contributed by atoms with E-state index in [-0.39, 0.29) is 17.7 Å². The predicted molar refractivity (Wildman–Crippen MR) is 115 cm³/mol. The minimum Gasteiger partial charge on any atom is -0.493 e. The van der Waals surface area contributed by atoms with Gasteiger partial charge in [-0.25, -0.2) is 0 Å². The molecule has 0 fully saturated rings. The Morgan fingerprint density at radius 3 is 2.38 bits per heavy atom. The molecular weight excluding hydrogens is 392 g/mol. The number of halogens is 1. The molecular formula is C22H17ClN2O4. The number of methoxy groups -OCH3 is 1. The van der Waals surface area contributed by atoms with Gasteiger partial charge in [-0.05, 0) is 47.5 Å². The Kier molecular flexibility index (Phi) is 4.64. The first-order valence-electron chi connectivity index (χ1n) is 8.81. The summed E-state index contributed by atoms with van der Waals surface area (Å²) in [5.74, 6) is -0.779. The van der Waals surface area contributed by atoms with Crippen LogP contribution in [0.4, 0.5) is 5.69 Å². The Balaban J connectivity index is 2.15. The lowest BCUT2D eigenvalue weighted by atomic mass is 10.0. The number of ether oxygens (including phenoxy) is 1. The molecule has 0 aliphatic heterocycles. The maximum atomic E-state index is 13.1. The fourth-order valence-electron chi connectivity index (χ4n) is 3.56. The normalized spacial score (nSPS) is 11.1. The second-order valence-corrected chi connectivity index (χ2v) is 7.05. The van der Waals surface area contributed by atoms with Crippen molar-refractivity contribution in [2.24, 2.45) is 0 Å². The number of hydrogen-bond acceptors (Lipinski definition) is 4. The molecule has 0 atom stereocenters. The van der Waals surface area contributed by atoms with Gasteiger partial charge in [-0.3, -0.25) is 9.59 Å². The van der Waals surface area contributed by atoms with Gasteiger partial charge in [0.05, 0.1) is 28.6 Å². The van der Waals surface area contributed by atoms with E-state index in [1.54, 1.807) is 41.0 Å². The molecule has 29 heavy (non-hydrogen) atoms. The molecule has 3 N–H and O–H groups in total. The molecule has 0 radical (unpaired) electrons. The number of aromatic nitrogens is 1. The quantitative estimate of drug-likeness (QED) is 0.390. The number of carboxylic acid groups (broad SMARTS) is 1. The lowest BCUT2D eigenvalue weighted by Crippen LogP contribution is -2.16. The molecule has 1 heterocycles. The van der Waals surface area contributed by atoms with Gasteiger partial charge in [0.15, 0.2) is 11.2 Å². The highest BCUT2D eigenvalue weighted by Crippen LogP contribution is 2.35. The first-order valence-corrected chi connectivity index (χ1v) is 9.19. The highest BCUT2D eigenvalue weighted by molar-refractivity contribution is 6.33. The van der Waals surface area contributed by atoms with E-state index in [1.807, 2.05) is 18.2 Å². The molecule has 6 nitrogen and oxygen atoms in total. The van der Waals surface area contributed by atoms with Crippen LogP contribution in [0.3, 0.4) is 0 Å². The fraction of sp³-hybridized carbons (Fsp3) is 0.0909. The van der Waals surface area contributed by atoms with Gasteiger partial charge in [0.2, 0.25) is 0 Å². The first-order chi connectivity index (χ1) is 13.9. The molecule has 1 aromatic heterocycles. The van der Waals surface area contributed by atoms with Crippen molar-refractivity contribution in [3.63, 3.8) is 0 Å². The second kappa shape index (κ2) is 7.14. The van der Waals surface area contributed by atoms with Crippen LogP contribution in [0.25, 0.3) is 32.9 Å². The van der Waals surface area contributed by atoms with E-state index in [9.17, 15) is 14.7 Å². The van der Waals surface area contributed by atoms with Crippen LogP contribution < -0.4 is 15.9 Å². The van der Waals surface area contributed by atoms with Crippen molar-refractivity contribution in [2.45, 2.75) is 6.54 Å². The summed E-state index contributed by atoms with van der Waals surface area (Å²) in [7, 11) is 1.44. The summed E-state index contributed by atoms with van der Waals surface area (Å²) in [6, 6.07) is 15.8. The number of nitrogens with two attached hydrogens (primary N) is 1. The fourth-order valence-corrected chi connectivity index (χ4v) is 3.79. The van der Waals surface area contributed by atoms with Crippen molar-refractivity contribution in [2.75, 3.05) is 12.8 Å². The lowest BCUT2D eigenvalue weighted by Gasteiger charge is -2.17. The van der Waals surface area contributed by atoms with Crippen molar-refractivity contribution in [1.82, 2.24) is 4.57 Å². The number of nitrogens with zero attached hydrogens (tertiary/aromatic N) is 1. The number of pyridine rings is 1. The van der Waals surface area contributed by atoms with Gasteiger partial charge in [0, 0.05) is 11.1 Å². The van der Waals surface area contributed by atoms with Gasteiger partial charge >= 0.3 is 5.97 Å². The first kappa shape index (κ1) is 18.8. The number of nitrogen functional groups attached to an aromatic ring is 1. The molecule has 0 unspecified atom stereocenters. The van der Waals surface area contributed by atoms with Crippen molar-refractivity contribution >= 4 is 45.1 Å². The molecule has 3 aromatic carbocycles. The molecule has 0 aliphatic rings. The van der Waals surface area contributed by atoms with Gasteiger partial charge in [-0.1, -0.05) is 29.8 Å². The van der Waals surface area contributed by atoms with E-state index in [0.717, 1.165) is 11.1 Å². The van der Waals surface area contributed by atoms with Crippen LogP contribution in [0.5, 0.6) is 5.75 Å². The molecule has 146 valence electrons. The molecule has 0 saturated carbocycles. The average Bonchev–Trinajstić information content (AvgIpc) is 2.71. The number of fused-ring (bicyclic) bond motifs is 2. The van der Waals surface area contributed by atoms with Gasteiger partial charge in [-0.2, -0.15) is 0 Å². The molecule has 0 saturated heterocycles. The topological polar surface area (TPSA) is 94.5 Å². The minimum absolute atomic E-state index is 0.213. The number of carbonyl (C=O) groups is 1. The Labute approximate surface area is 170 Å². The van der Waals surface area contributed by atoms with E-state index in [4.69, 9.17) is 22.1 Å². The molecule has 4 aromatic rings. The Morgan fingerprint density at radius 1 is 1.07 bits per heavy atom. The van der Waals surface area contributed by atoms with Crippen LogP contribution in [-0.2, 0) is 11.3 Å². The van der Waals surface area contributed by atoms with Crippen LogP contribution in [0.2, 0.25) is 5.02 Å².